The van der Waals surface area contributed by atoms with Gasteiger partial charge in [0.05, 0.1) is 24.9 Å². The third-order valence-corrected chi connectivity index (χ3v) is 8.71. The average Bonchev–Trinajstić information content (AvgIpc) is 3.17. The van der Waals surface area contributed by atoms with Crippen molar-refractivity contribution >= 4 is 97.5 Å². The first kappa shape index (κ1) is 30.4. The highest BCUT2D eigenvalue weighted by Crippen LogP contribution is 2.33. The van der Waals surface area contributed by atoms with E-state index < -0.39 is 11.8 Å². The molecule has 0 saturated heterocycles. The molecule has 0 amide bonds. The minimum absolute atomic E-state index is 0.0640. The van der Waals surface area contributed by atoms with E-state index in [0.717, 1.165) is 24.0 Å². The Morgan fingerprint density at radius 2 is 1.82 bits per heavy atom. The number of Topliss-reactive ketones (excluding diaryl/α,β-unsaturated/α-hetero) is 1. The van der Waals surface area contributed by atoms with E-state index in [-0.39, 0.29) is 35.6 Å². The molecule has 0 bridgehead atoms. The fourth-order valence-corrected chi connectivity index (χ4v) is 7.15. The van der Waals surface area contributed by atoms with Gasteiger partial charge in [0.1, 0.15) is 29.4 Å². The molecule has 0 aliphatic rings. The normalized spacial score (nSPS) is 11.0. The topological polar surface area (TPSA) is 100 Å². The van der Waals surface area contributed by atoms with E-state index in [9.17, 15) is 20.1 Å². The molecular weight excluding hydrogens is 773 g/mol. The third-order valence-electron chi connectivity index (χ3n) is 5.25. The molecule has 2 aromatic carbocycles. The number of halogens is 4. The summed E-state index contributed by atoms with van der Waals surface area (Å²) in [5.74, 6) is -0.340. The summed E-state index contributed by atoms with van der Waals surface area (Å²) in [4.78, 5) is 26.0. The summed E-state index contributed by atoms with van der Waals surface area (Å²) in [6, 6.07) is 12.8. The number of hydrogen-bond acceptors (Lipinski definition) is 7. The molecule has 0 fully saturated rings. The number of hydrogen-bond donors (Lipinski definition) is 0. The molecule has 3 rings (SSSR count). The predicted octanol–water partition coefficient (Wildman–Crippen LogP) is 7.92. The number of carbonyl (C=O) groups is 2. The summed E-state index contributed by atoms with van der Waals surface area (Å²) in [5, 5.41) is 20.3. The number of rotatable bonds is 9. The van der Waals surface area contributed by atoms with Gasteiger partial charge in [-0.05, 0) is 100 Å². The minimum atomic E-state index is -0.536. The van der Waals surface area contributed by atoms with Crippen LogP contribution in [0.4, 0.5) is 0 Å². The maximum absolute atomic E-state index is 13.0. The van der Waals surface area contributed by atoms with Gasteiger partial charge in [0, 0.05) is 26.9 Å². The SMILES string of the molecule is CCOC(=O)c1sc(CC(=O)/C(C#N)=C/c2cc(I)c(OCc3ccc(Cl)cc3Cl)c(I)c2)c(C#N)c1C. The van der Waals surface area contributed by atoms with Crippen molar-refractivity contribution in [2.75, 3.05) is 6.61 Å². The Morgan fingerprint density at radius 3 is 2.39 bits per heavy atom. The summed E-state index contributed by atoms with van der Waals surface area (Å²) in [7, 11) is 0. The summed E-state index contributed by atoms with van der Waals surface area (Å²) in [5.41, 5.74) is 2.10. The van der Waals surface area contributed by atoms with E-state index in [2.05, 4.69) is 51.3 Å². The van der Waals surface area contributed by atoms with Crippen molar-refractivity contribution in [3.63, 3.8) is 0 Å². The zero-order valence-corrected chi connectivity index (χ0v) is 26.7. The van der Waals surface area contributed by atoms with Gasteiger partial charge in [0.2, 0.25) is 0 Å². The Kier molecular flexibility index (Phi) is 11.0. The molecule has 194 valence electrons. The number of nitrogens with zero attached hydrogens (tertiary/aromatic N) is 2. The van der Waals surface area contributed by atoms with Crippen LogP contribution in [0.1, 0.15) is 43.7 Å². The average molecular weight is 791 g/mol. The highest BCUT2D eigenvalue weighted by molar-refractivity contribution is 14.1. The van der Waals surface area contributed by atoms with Gasteiger partial charge in [0.15, 0.2) is 5.78 Å². The van der Waals surface area contributed by atoms with Crippen LogP contribution in [0.3, 0.4) is 0 Å². The lowest BCUT2D eigenvalue weighted by molar-refractivity contribution is -0.114. The molecule has 0 aliphatic heterocycles. The van der Waals surface area contributed by atoms with Crippen LogP contribution in [0.5, 0.6) is 5.75 Å². The zero-order chi connectivity index (χ0) is 28.0. The molecule has 6 nitrogen and oxygen atoms in total. The molecule has 0 saturated carbocycles. The molecule has 0 spiro atoms. The van der Waals surface area contributed by atoms with Gasteiger partial charge in [-0.3, -0.25) is 4.79 Å². The highest BCUT2D eigenvalue weighted by Gasteiger charge is 2.23. The molecular formula is C27H18Cl2I2N2O4S. The van der Waals surface area contributed by atoms with Crippen molar-refractivity contribution in [1.82, 2.24) is 0 Å². The van der Waals surface area contributed by atoms with E-state index in [1.807, 2.05) is 6.07 Å². The number of allylic oxidation sites excluding steroid dienone is 1. The van der Waals surface area contributed by atoms with E-state index in [4.69, 9.17) is 32.7 Å². The second-order valence-electron chi connectivity index (χ2n) is 7.79. The Morgan fingerprint density at radius 1 is 1.13 bits per heavy atom. The van der Waals surface area contributed by atoms with Crippen molar-refractivity contribution in [3.05, 3.63) is 85.1 Å². The smallest absolute Gasteiger partial charge is 0.348 e. The molecule has 0 N–H and O–H groups in total. The lowest BCUT2D eigenvalue weighted by Gasteiger charge is -2.12. The van der Waals surface area contributed by atoms with Crippen LogP contribution in [-0.2, 0) is 22.6 Å². The monoisotopic (exact) mass is 790 g/mol. The molecule has 1 aromatic heterocycles. The van der Waals surface area contributed by atoms with E-state index in [1.54, 1.807) is 44.2 Å². The first-order valence-electron chi connectivity index (χ1n) is 11.0. The summed E-state index contributed by atoms with van der Waals surface area (Å²) >= 11 is 17.5. The number of ether oxygens (including phenoxy) is 2. The van der Waals surface area contributed by atoms with Crippen LogP contribution in [0.2, 0.25) is 10.0 Å². The Hall–Kier alpha value is -2.16. The molecule has 38 heavy (non-hydrogen) atoms. The van der Waals surface area contributed by atoms with Crippen LogP contribution in [0.25, 0.3) is 6.08 Å². The van der Waals surface area contributed by atoms with Crippen LogP contribution in [0.15, 0.2) is 35.9 Å². The van der Waals surface area contributed by atoms with E-state index >= 15 is 0 Å². The number of benzene rings is 2. The lowest BCUT2D eigenvalue weighted by Crippen LogP contribution is -2.05. The van der Waals surface area contributed by atoms with Crippen molar-refractivity contribution in [1.29, 1.82) is 10.5 Å². The Balaban J connectivity index is 1.83. The largest absolute Gasteiger partial charge is 0.487 e. The van der Waals surface area contributed by atoms with Gasteiger partial charge in [-0.15, -0.1) is 11.3 Å². The first-order chi connectivity index (χ1) is 18.1. The van der Waals surface area contributed by atoms with Gasteiger partial charge >= 0.3 is 5.97 Å². The minimum Gasteiger partial charge on any atom is -0.487 e. The van der Waals surface area contributed by atoms with Gasteiger partial charge in [-0.1, -0.05) is 29.3 Å². The number of esters is 1. The Bertz CT molecular complexity index is 1510. The number of carbonyl (C=O) groups excluding carboxylic acids is 2. The molecule has 3 aromatic rings. The molecule has 0 radical (unpaired) electrons. The number of thiophene rings is 1. The number of ketones is 1. The summed E-state index contributed by atoms with van der Waals surface area (Å²) in [6.45, 7) is 3.78. The van der Waals surface area contributed by atoms with Crippen LogP contribution < -0.4 is 4.74 Å². The second-order valence-corrected chi connectivity index (χ2v) is 12.1. The van der Waals surface area contributed by atoms with Crippen LogP contribution >= 0.6 is 79.7 Å². The predicted molar refractivity (Wildman–Crippen MR) is 165 cm³/mol. The fourth-order valence-electron chi connectivity index (χ4n) is 3.41. The zero-order valence-electron chi connectivity index (χ0n) is 20.0. The molecule has 11 heteroatoms. The van der Waals surface area contributed by atoms with Crippen molar-refractivity contribution < 1.29 is 19.1 Å². The van der Waals surface area contributed by atoms with Crippen molar-refractivity contribution in [2.24, 2.45) is 0 Å². The Labute approximate surface area is 261 Å². The maximum atomic E-state index is 13.0. The van der Waals surface area contributed by atoms with Gasteiger partial charge in [-0.2, -0.15) is 10.5 Å². The van der Waals surface area contributed by atoms with Gasteiger partial charge in [0.25, 0.3) is 0 Å². The van der Waals surface area contributed by atoms with Crippen LogP contribution in [0, 0.1) is 36.7 Å². The molecule has 0 atom stereocenters. The standard InChI is InChI=1S/C27H18Cl2I2N2O4S/c1-3-36-27(35)26-14(2)19(12-33)24(38-26)10-23(34)17(11-32)6-15-7-21(30)25(22(31)8-15)37-13-16-4-5-18(28)9-20(16)29/h4-9H,3,10,13H2,1-2H3/b17-6+. The first-order valence-corrected chi connectivity index (χ1v) is 14.7. The van der Waals surface area contributed by atoms with Crippen molar-refractivity contribution in [2.45, 2.75) is 26.9 Å². The van der Waals surface area contributed by atoms with E-state index in [0.29, 0.717) is 31.8 Å². The van der Waals surface area contributed by atoms with Crippen LogP contribution in [-0.4, -0.2) is 18.4 Å². The second kappa shape index (κ2) is 13.8. The lowest BCUT2D eigenvalue weighted by atomic mass is 10.0. The summed E-state index contributed by atoms with van der Waals surface area (Å²) < 4.78 is 12.6. The van der Waals surface area contributed by atoms with Gasteiger partial charge < -0.3 is 9.47 Å². The fraction of sp³-hybridized carbons (Fsp3) is 0.185. The van der Waals surface area contributed by atoms with Gasteiger partial charge in [-0.25, -0.2) is 4.79 Å². The highest BCUT2D eigenvalue weighted by atomic mass is 127. The summed E-state index contributed by atoms with van der Waals surface area (Å²) in [6.07, 6.45) is 1.33. The number of nitriles is 2. The quantitative estimate of drug-likeness (QED) is 0.0946. The molecule has 1 heterocycles. The molecule has 0 unspecified atom stereocenters. The third kappa shape index (κ3) is 7.27. The van der Waals surface area contributed by atoms with Crippen molar-refractivity contribution in [3.8, 4) is 17.9 Å². The van der Waals surface area contributed by atoms with E-state index in [1.165, 1.54) is 6.08 Å². The maximum Gasteiger partial charge on any atom is 0.348 e. The molecule has 0 aliphatic carbocycles.